The quantitative estimate of drug-likeness (QED) is 0.434. The summed E-state index contributed by atoms with van der Waals surface area (Å²) in [6, 6.07) is 0. The Morgan fingerprint density at radius 1 is 1.08 bits per heavy atom. The fraction of sp³-hybridized carbons (Fsp3) is 0. The van der Waals surface area contributed by atoms with Gasteiger partial charge >= 0.3 is 0 Å². The van der Waals surface area contributed by atoms with Crippen molar-refractivity contribution in [3.8, 4) is 0 Å². The number of rotatable bonds is 0. The summed E-state index contributed by atoms with van der Waals surface area (Å²) in [7, 11) is 1.94. The Labute approximate surface area is 93.1 Å². The van der Waals surface area contributed by atoms with E-state index in [1.807, 2.05) is 0 Å². The molecule has 0 N–H and O–H groups in total. The molecule has 0 aliphatic carbocycles. The lowest BCUT2D eigenvalue weighted by Crippen LogP contribution is -1.81. The van der Waals surface area contributed by atoms with E-state index in [0.29, 0.717) is 0 Å². The molecular formula is Cl5N3OP2S. The van der Waals surface area contributed by atoms with E-state index < -0.39 is 20.9 Å². The van der Waals surface area contributed by atoms with E-state index in [1.165, 1.54) is 0 Å². The van der Waals surface area contributed by atoms with Gasteiger partial charge in [0, 0.05) is 10.7 Å². The topological polar surface area (TPSA) is 54.1 Å². The average Bonchev–Trinajstić information content (AvgIpc) is 1.44. The average molecular weight is 329 g/mol. The van der Waals surface area contributed by atoms with Gasteiger partial charge in [-0.15, -0.1) is 8.28 Å². The summed E-state index contributed by atoms with van der Waals surface area (Å²) in [5, 5.41) is 0. The standard InChI is InChI=1S/Cl5N3OP2S/c1-10(2)6-11(3,4)8-12(5,9)7-10. The van der Waals surface area contributed by atoms with Crippen LogP contribution in [0.2, 0.25) is 0 Å². The van der Waals surface area contributed by atoms with Gasteiger partial charge in [0.05, 0.1) is 0 Å². The maximum Gasteiger partial charge on any atom is 0.265 e. The monoisotopic (exact) mass is 327 g/mol. The molecule has 0 spiro atoms. The predicted molar refractivity (Wildman–Crippen MR) is 58.5 cm³/mol. The first kappa shape index (κ1) is 11.9. The van der Waals surface area contributed by atoms with Crippen LogP contribution < -0.4 is 0 Å². The van der Waals surface area contributed by atoms with Crippen LogP contribution in [0.25, 0.3) is 0 Å². The molecule has 0 bridgehead atoms. The summed E-state index contributed by atoms with van der Waals surface area (Å²) in [6.45, 7) is 0. The molecule has 1 heterocycles. The van der Waals surface area contributed by atoms with Crippen molar-refractivity contribution in [2.24, 2.45) is 12.8 Å². The van der Waals surface area contributed by atoms with Crippen molar-refractivity contribution in [1.29, 1.82) is 0 Å². The summed E-state index contributed by atoms with van der Waals surface area (Å²) >= 11 is 22.1. The molecule has 0 aromatic heterocycles. The first-order valence-corrected chi connectivity index (χ1v) is 11.5. The second-order valence-electron chi connectivity index (χ2n) is 1.60. The summed E-state index contributed by atoms with van der Waals surface area (Å²) in [4.78, 5) is 0. The summed E-state index contributed by atoms with van der Waals surface area (Å²) in [6.07, 6.45) is 0. The van der Waals surface area contributed by atoms with Crippen molar-refractivity contribution in [2.75, 3.05) is 0 Å². The molecule has 0 aromatic rings. The third kappa shape index (κ3) is 3.55. The minimum atomic E-state index is -3.35. The minimum Gasteiger partial charge on any atom is -0.209 e. The van der Waals surface area contributed by atoms with Crippen molar-refractivity contribution >= 4 is 76.6 Å². The highest BCUT2D eigenvalue weighted by molar-refractivity contribution is 8.29. The van der Waals surface area contributed by atoms with Crippen LogP contribution in [0, 0.1) is 0 Å². The molecule has 0 amide bonds. The molecular weight excluding hydrogens is 329 g/mol. The van der Waals surface area contributed by atoms with Gasteiger partial charge in [-0.1, -0.05) is 0 Å². The van der Waals surface area contributed by atoms with E-state index in [0.717, 1.165) is 0 Å². The lowest BCUT2D eigenvalue weighted by molar-refractivity contribution is 0.688. The molecule has 12 heteroatoms. The minimum absolute atomic E-state index is 3.10. The highest BCUT2D eigenvalue weighted by Gasteiger charge is 2.28. The molecule has 1 aliphatic heterocycles. The second kappa shape index (κ2) is 3.46. The van der Waals surface area contributed by atoms with Crippen LogP contribution in [0.3, 0.4) is 0 Å². The molecule has 0 saturated carbocycles. The number of nitrogens with zero attached hydrogens (tertiary/aromatic N) is 3. The Bertz CT molecular complexity index is 410. The molecule has 72 valence electrons. The number of halogens is 5. The number of hydrogen-bond acceptors (Lipinski definition) is 3. The van der Waals surface area contributed by atoms with Crippen LogP contribution in [0.4, 0.5) is 0 Å². The fourth-order valence-electron chi connectivity index (χ4n) is 0.421. The van der Waals surface area contributed by atoms with Crippen LogP contribution in [-0.2, 0) is 9.13 Å². The van der Waals surface area contributed by atoms with Crippen LogP contribution >= 0.6 is 67.5 Å². The van der Waals surface area contributed by atoms with Gasteiger partial charge in [-0.2, -0.15) is 4.52 Å². The van der Waals surface area contributed by atoms with Crippen molar-refractivity contribution in [1.82, 2.24) is 0 Å². The van der Waals surface area contributed by atoms with E-state index in [1.54, 1.807) is 0 Å². The smallest absolute Gasteiger partial charge is 0.209 e. The summed E-state index contributed by atoms with van der Waals surface area (Å²) in [5.41, 5.74) is 0. The zero-order chi connectivity index (χ0) is 9.62. The summed E-state index contributed by atoms with van der Waals surface area (Å²) in [5.74, 6) is -6.20. The largest absolute Gasteiger partial charge is 0.265 e. The molecule has 0 fully saturated rings. The Morgan fingerprint density at radius 3 is 1.92 bits per heavy atom. The lowest BCUT2D eigenvalue weighted by atomic mass is 13.8. The number of hydrogen-bond donors (Lipinski definition) is 0. The maximum atomic E-state index is 11.1. The normalized spacial score (nSPS) is 37.4. The Hall–Kier alpha value is 1.86. The van der Waals surface area contributed by atoms with Crippen LogP contribution in [-0.4, -0.2) is 4.21 Å². The van der Waals surface area contributed by atoms with Crippen molar-refractivity contribution in [3.63, 3.8) is 0 Å². The van der Waals surface area contributed by atoms with Crippen LogP contribution in [0.5, 0.6) is 0 Å². The van der Waals surface area contributed by atoms with Gasteiger partial charge in [-0.05, 0) is 45.0 Å². The molecule has 1 atom stereocenters. The highest BCUT2D eigenvalue weighted by Crippen LogP contribution is 2.78. The Morgan fingerprint density at radius 2 is 1.58 bits per heavy atom. The molecule has 1 aliphatic rings. The van der Waals surface area contributed by atoms with Gasteiger partial charge in [0.15, 0.2) is 0 Å². The molecule has 0 aromatic carbocycles. The Kier molecular flexibility index (Phi) is 3.44. The Balaban J connectivity index is 3.58. The van der Waals surface area contributed by atoms with Gasteiger partial charge in [0.1, 0.15) is 0 Å². The molecule has 1 rings (SSSR count). The van der Waals surface area contributed by atoms with Gasteiger partial charge in [0.25, 0.3) is 11.8 Å². The van der Waals surface area contributed by atoms with Gasteiger partial charge in [-0.3, -0.25) is 0 Å². The van der Waals surface area contributed by atoms with Crippen molar-refractivity contribution in [3.05, 3.63) is 0 Å². The second-order valence-corrected chi connectivity index (χ2v) is 14.2. The van der Waals surface area contributed by atoms with Gasteiger partial charge in [0.2, 0.25) is 9.13 Å². The zero-order valence-corrected chi connectivity index (χ0v) is 11.3. The fourth-order valence-corrected chi connectivity index (χ4v) is 15.2. The van der Waals surface area contributed by atoms with E-state index in [-0.39, 0.29) is 0 Å². The first-order valence-electron chi connectivity index (χ1n) is 2.16. The van der Waals surface area contributed by atoms with Gasteiger partial charge in [-0.25, -0.2) is 4.21 Å². The molecule has 4 nitrogen and oxygen atoms in total. The van der Waals surface area contributed by atoms with E-state index >= 15 is 0 Å². The third-order valence-electron chi connectivity index (χ3n) is 0.613. The van der Waals surface area contributed by atoms with Crippen molar-refractivity contribution < 1.29 is 4.21 Å². The zero-order valence-electron chi connectivity index (χ0n) is 4.94. The molecule has 1 unspecified atom stereocenters. The molecule has 0 radical (unpaired) electrons. The first-order chi connectivity index (χ1) is 5.12. The van der Waals surface area contributed by atoms with E-state index in [9.17, 15) is 4.21 Å². The SMILES string of the molecule is O=S1(Cl)=NP(Cl)(Cl)=NP(Cl)(Cl)=N1. The highest BCUT2D eigenvalue weighted by atomic mass is 35.9. The third-order valence-corrected chi connectivity index (χ3v) is 11.3. The summed E-state index contributed by atoms with van der Waals surface area (Å²) < 4.78 is 21.3. The predicted octanol–water partition coefficient (Wildman–Crippen LogP) is 5.38. The van der Waals surface area contributed by atoms with E-state index in [2.05, 4.69) is 12.8 Å². The maximum absolute atomic E-state index is 11.1. The van der Waals surface area contributed by atoms with Crippen LogP contribution in [0.1, 0.15) is 0 Å². The van der Waals surface area contributed by atoms with Crippen molar-refractivity contribution in [2.45, 2.75) is 0 Å². The van der Waals surface area contributed by atoms with Gasteiger partial charge < -0.3 is 0 Å². The van der Waals surface area contributed by atoms with Crippen LogP contribution in [0.15, 0.2) is 12.8 Å². The van der Waals surface area contributed by atoms with E-state index in [4.69, 9.17) is 55.6 Å². The lowest BCUT2D eigenvalue weighted by Gasteiger charge is -2.11. The molecule has 12 heavy (non-hydrogen) atoms. The molecule has 0 saturated heterocycles.